The Balaban J connectivity index is 1.68. The largest absolute Gasteiger partial charge is 0.467 e. The maximum atomic E-state index is 12.4. The molecule has 4 nitrogen and oxygen atoms in total. The van der Waals surface area contributed by atoms with E-state index >= 15 is 0 Å². The summed E-state index contributed by atoms with van der Waals surface area (Å²) >= 11 is 0. The average Bonchev–Trinajstić information content (AvgIpc) is 3.18. The Morgan fingerprint density at radius 2 is 1.76 bits per heavy atom. The van der Waals surface area contributed by atoms with Crippen LogP contribution in [0, 0.1) is 0 Å². The van der Waals surface area contributed by atoms with E-state index in [1.165, 1.54) is 0 Å². The highest BCUT2D eigenvalue weighted by Crippen LogP contribution is 2.22. The summed E-state index contributed by atoms with van der Waals surface area (Å²) in [7, 11) is 0. The van der Waals surface area contributed by atoms with E-state index in [1.54, 1.807) is 6.26 Å². The number of anilines is 1. The van der Waals surface area contributed by atoms with E-state index in [0.717, 1.165) is 29.0 Å². The van der Waals surface area contributed by atoms with Gasteiger partial charge in [0.1, 0.15) is 5.76 Å². The van der Waals surface area contributed by atoms with Gasteiger partial charge in [0.15, 0.2) is 0 Å². The van der Waals surface area contributed by atoms with Crippen molar-refractivity contribution in [3.8, 4) is 0 Å². The summed E-state index contributed by atoms with van der Waals surface area (Å²) in [6.45, 7) is 2.27. The Hall–Kier alpha value is -2.85. The van der Waals surface area contributed by atoms with Gasteiger partial charge in [0.05, 0.1) is 18.8 Å². The van der Waals surface area contributed by atoms with Crippen LogP contribution in [-0.2, 0) is 11.2 Å². The van der Waals surface area contributed by atoms with Gasteiger partial charge in [-0.2, -0.15) is 0 Å². The molecule has 1 atom stereocenters. The van der Waals surface area contributed by atoms with E-state index in [2.05, 4.69) is 17.6 Å². The molecule has 128 valence electrons. The molecule has 1 heterocycles. The van der Waals surface area contributed by atoms with Crippen LogP contribution in [0.25, 0.3) is 0 Å². The molecule has 0 bridgehead atoms. The first kappa shape index (κ1) is 17.0. The summed E-state index contributed by atoms with van der Waals surface area (Å²) in [5.74, 6) is 0.710. The van der Waals surface area contributed by atoms with Crippen molar-refractivity contribution >= 4 is 11.6 Å². The van der Waals surface area contributed by atoms with Crippen molar-refractivity contribution in [3.63, 3.8) is 0 Å². The zero-order valence-electron chi connectivity index (χ0n) is 14.2. The zero-order valence-corrected chi connectivity index (χ0v) is 14.2. The van der Waals surface area contributed by atoms with E-state index < -0.39 is 0 Å². The van der Waals surface area contributed by atoms with E-state index in [9.17, 15) is 4.79 Å². The number of hydrogen-bond acceptors (Lipinski definition) is 3. The van der Waals surface area contributed by atoms with Gasteiger partial charge in [0.25, 0.3) is 0 Å². The molecule has 2 N–H and O–H groups in total. The Bertz CT molecular complexity index is 798. The van der Waals surface area contributed by atoms with Crippen LogP contribution < -0.4 is 10.6 Å². The molecule has 0 aliphatic carbocycles. The Kier molecular flexibility index (Phi) is 5.65. The first-order valence-corrected chi connectivity index (χ1v) is 8.47. The van der Waals surface area contributed by atoms with Crippen molar-refractivity contribution in [1.29, 1.82) is 0 Å². The number of furan rings is 1. The van der Waals surface area contributed by atoms with Crippen LogP contribution in [0.2, 0.25) is 0 Å². The fraction of sp³-hybridized carbons (Fsp3) is 0.190. The van der Waals surface area contributed by atoms with Crippen LogP contribution in [0.4, 0.5) is 5.69 Å². The first-order chi connectivity index (χ1) is 12.3. The minimum atomic E-state index is -0.164. The third-order valence-electron chi connectivity index (χ3n) is 4.10. The highest BCUT2D eigenvalue weighted by atomic mass is 16.3. The lowest BCUT2D eigenvalue weighted by Crippen LogP contribution is -2.32. The minimum Gasteiger partial charge on any atom is -0.467 e. The molecule has 0 saturated heterocycles. The molecule has 0 unspecified atom stereocenters. The van der Waals surface area contributed by atoms with Crippen LogP contribution in [0.3, 0.4) is 0 Å². The summed E-state index contributed by atoms with van der Waals surface area (Å²) in [6, 6.07) is 21.4. The van der Waals surface area contributed by atoms with Crippen molar-refractivity contribution in [1.82, 2.24) is 5.32 Å². The second-order valence-electron chi connectivity index (χ2n) is 5.80. The average molecular weight is 334 g/mol. The predicted molar refractivity (Wildman–Crippen MR) is 99.4 cm³/mol. The Morgan fingerprint density at radius 1 is 1.00 bits per heavy atom. The van der Waals surface area contributed by atoms with Crippen molar-refractivity contribution < 1.29 is 9.21 Å². The SMILES string of the molecule is CCc1ccccc1NC(=O)CN[C@@H](c1ccccc1)c1ccco1. The van der Waals surface area contributed by atoms with Gasteiger partial charge in [-0.05, 0) is 35.7 Å². The number of para-hydroxylation sites is 1. The zero-order chi connectivity index (χ0) is 17.5. The van der Waals surface area contributed by atoms with Gasteiger partial charge in [0.2, 0.25) is 5.91 Å². The topological polar surface area (TPSA) is 54.3 Å². The van der Waals surface area contributed by atoms with Crippen molar-refractivity contribution in [2.24, 2.45) is 0 Å². The molecule has 4 heteroatoms. The number of amides is 1. The number of rotatable bonds is 7. The fourth-order valence-electron chi connectivity index (χ4n) is 2.82. The Labute approximate surface area is 147 Å². The van der Waals surface area contributed by atoms with Gasteiger partial charge in [-0.25, -0.2) is 0 Å². The molecule has 0 spiro atoms. The maximum Gasteiger partial charge on any atom is 0.238 e. The van der Waals surface area contributed by atoms with E-state index in [4.69, 9.17) is 4.42 Å². The third kappa shape index (κ3) is 4.37. The van der Waals surface area contributed by atoms with E-state index in [1.807, 2.05) is 66.7 Å². The molecule has 2 aromatic carbocycles. The number of hydrogen-bond donors (Lipinski definition) is 2. The molecular weight excluding hydrogens is 312 g/mol. The summed E-state index contributed by atoms with van der Waals surface area (Å²) in [6.07, 6.45) is 2.52. The van der Waals surface area contributed by atoms with Gasteiger partial charge < -0.3 is 9.73 Å². The molecule has 1 aromatic heterocycles. The first-order valence-electron chi connectivity index (χ1n) is 8.47. The van der Waals surface area contributed by atoms with Gasteiger partial charge in [0, 0.05) is 5.69 Å². The molecule has 0 aliphatic heterocycles. The van der Waals surface area contributed by atoms with Crippen LogP contribution in [0.5, 0.6) is 0 Å². The standard InChI is InChI=1S/C21H22N2O2/c1-2-16-9-6-7-12-18(16)23-20(24)15-22-21(19-13-8-14-25-19)17-10-4-3-5-11-17/h3-14,21-22H,2,15H2,1H3,(H,23,24)/t21-/m0/s1. The highest BCUT2D eigenvalue weighted by molar-refractivity contribution is 5.93. The molecule has 3 rings (SSSR count). The van der Waals surface area contributed by atoms with Gasteiger partial charge in [-0.1, -0.05) is 55.5 Å². The molecule has 0 fully saturated rings. The lowest BCUT2D eigenvalue weighted by atomic mass is 10.0. The summed E-state index contributed by atoms with van der Waals surface area (Å²) in [4.78, 5) is 12.4. The fourth-order valence-corrected chi connectivity index (χ4v) is 2.82. The summed E-state index contributed by atoms with van der Waals surface area (Å²) in [5, 5.41) is 6.27. The summed E-state index contributed by atoms with van der Waals surface area (Å²) < 4.78 is 5.54. The molecule has 0 radical (unpaired) electrons. The summed E-state index contributed by atoms with van der Waals surface area (Å²) in [5.41, 5.74) is 3.05. The molecule has 0 saturated carbocycles. The number of carbonyl (C=O) groups is 1. The molecule has 1 amide bonds. The van der Waals surface area contributed by atoms with Gasteiger partial charge in [-0.15, -0.1) is 0 Å². The third-order valence-corrected chi connectivity index (χ3v) is 4.10. The van der Waals surface area contributed by atoms with Crippen LogP contribution in [0.1, 0.15) is 29.9 Å². The van der Waals surface area contributed by atoms with Gasteiger partial charge >= 0.3 is 0 Å². The number of aryl methyl sites for hydroxylation is 1. The normalized spacial score (nSPS) is 11.9. The number of nitrogens with one attached hydrogen (secondary N) is 2. The predicted octanol–water partition coefficient (Wildman–Crippen LogP) is 4.16. The van der Waals surface area contributed by atoms with Crippen molar-refractivity contribution in [3.05, 3.63) is 89.9 Å². The second kappa shape index (κ2) is 8.31. The molecule has 3 aromatic rings. The van der Waals surface area contributed by atoms with Crippen molar-refractivity contribution in [2.45, 2.75) is 19.4 Å². The van der Waals surface area contributed by atoms with E-state index in [-0.39, 0.29) is 18.5 Å². The highest BCUT2D eigenvalue weighted by Gasteiger charge is 2.17. The van der Waals surface area contributed by atoms with Crippen LogP contribution in [0.15, 0.2) is 77.4 Å². The lowest BCUT2D eigenvalue weighted by molar-refractivity contribution is -0.115. The second-order valence-corrected chi connectivity index (χ2v) is 5.80. The van der Waals surface area contributed by atoms with E-state index in [0.29, 0.717) is 0 Å². The quantitative estimate of drug-likeness (QED) is 0.682. The smallest absolute Gasteiger partial charge is 0.238 e. The number of carbonyl (C=O) groups excluding carboxylic acids is 1. The molecular formula is C21H22N2O2. The van der Waals surface area contributed by atoms with Gasteiger partial charge in [-0.3, -0.25) is 10.1 Å². The number of benzene rings is 2. The maximum absolute atomic E-state index is 12.4. The Morgan fingerprint density at radius 3 is 2.48 bits per heavy atom. The molecule has 25 heavy (non-hydrogen) atoms. The van der Waals surface area contributed by atoms with Crippen LogP contribution in [-0.4, -0.2) is 12.5 Å². The molecule has 0 aliphatic rings. The minimum absolute atomic E-state index is 0.0756. The lowest BCUT2D eigenvalue weighted by Gasteiger charge is -2.17. The van der Waals surface area contributed by atoms with Crippen molar-refractivity contribution in [2.75, 3.05) is 11.9 Å². The van der Waals surface area contributed by atoms with Crippen LogP contribution >= 0.6 is 0 Å². The monoisotopic (exact) mass is 334 g/mol.